The topological polar surface area (TPSA) is 23.5 Å². The largest absolute Gasteiger partial charge is 0.388 e. The molecule has 0 spiro atoms. The molecule has 3 heteroatoms. The molecule has 1 saturated heterocycles. The van der Waals surface area contributed by atoms with E-state index in [4.69, 9.17) is 0 Å². The average Bonchev–Trinajstić information content (AvgIpc) is 2.37. The Balaban J connectivity index is 2.09. The molecule has 1 aliphatic heterocycles. The fourth-order valence-corrected chi connectivity index (χ4v) is 3.86. The number of aliphatic hydroxyl groups excluding tert-OH is 1. The summed E-state index contributed by atoms with van der Waals surface area (Å²) in [6.07, 6.45) is 0.446. The SMILES string of the molecule is CC[C@H](O)c1ccc(N2CC(C)SC(C)C2)cc1. The van der Waals surface area contributed by atoms with Crippen molar-refractivity contribution in [1.82, 2.24) is 0 Å². The van der Waals surface area contributed by atoms with Crippen molar-refractivity contribution in [3.8, 4) is 0 Å². The van der Waals surface area contributed by atoms with Crippen molar-refractivity contribution in [3.05, 3.63) is 29.8 Å². The summed E-state index contributed by atoms with van der Waals surface area (Å²) in [6, 6.07) is 8.40. The molecule has 1 aliphatic rings. The van der Waals surface area contributed by atoms with Crippen molar-refractivity contribution in [2.24, 2.45) is 0 Å². The maximum Gasteiger partial charge on any atom is 0.0787 e. The van der Waals surface area contributed by atoms with Crippen LogP contribution in [0.1, 0.15) is 38.9 Å². The Morgan fingerprint density at radius 2 is 1.78 bits per heavy atom. The minimum absolute atomic E-state index is 0.325. The first-order valence-corrected chi connectivity index (χ1v) is 7.73. The Morgan fingerprint density at radius 3 is 2.28 bits per heavy atom. The maximum absolute atomic E-state index is 9.80. The average molecular weight is 265 g/mol. The van der Waals surface area contributed by atoms with E-state index in [1.807, 2.05) is 6.92 Å². The number of nitrogens with zero attached hydrogens (tertiary/aromatic N) is 1. The lowest BCUT2D eigenvalue weighted by Crippen LogP contribution is -2.40. The van der Waals surface area contributed by atoms with E-state index in [2.05, 4.69) is 54.8 Å². The van der Waals surface area contributed by atoms with Gasteiger partial charge in [-0.15, -0.1) is 0 Å². The first-order chi connectivity index (χ1) is 8.60. The molecule has 0 aromatic heterocycles. The van der Waals surface area contributed by atoms with E-state index in [0.717, 1.165) is 25.1 Å². The number of benzene rings is 1. The molecule has 1 fully saturated rings. The molecule has 2 rings (SSSR count). The van der Waals surface area contributed by atoms with Crippen LogP contribution in [0.4, 0.5) is 5.69 Å². The van der Waals surface area contributed by atoms with Crippen LogP contribution in [0.3, 0.4) is 0 Å². The lowest BCUT2D eigenvalue weighted by atomic mass is 10.1. The summed E-state index contributed by atoms with van der Waals surface area (Å²) in [7, 11) is 0. The standard InChI is InChI=1S/C15H23NOS/c1-4-15(17)13-5-7-14(8-6-13)16-9-11(2)18-12(3)10-16/h5-8,11-12,15,17H,4,9-10H2,1-3H3/t11?,12?,15-/m0/s1. The minimum atomic E-state index is -0.325. The molecule has 1 aromatic rings. The van der Waals surface area contributed by atoms with Gasteiger partial charge in [-0.3, -0.25) is 0 Å². The molecule has 0 saturated carbocycles. The molecule has 0 aliphatic carbocycles. The maximum atomic E-state index is 9.80. The quantitative estimate of drug-likeness (QED) is 0.905. The molecule has 2 nitrogen and oxygen atoms in total. The minimum Gasteiger partial charge on any atom is -0.388 e. The van der Waals surface area contributed by atoms with E-state index in [-0.39, 0.29) is 6.10 Å². The summed E-state index contributed by atoms with van der Waals surface area (Å²) < 4.78 is 0. The Labute approximate surface area is 114 Å². The fraction of sp³-hybridized carbons (Fsp3) is 0.600. The summed E-state index contributed by atoms with van der Waals surface area (Å²) in [5.74, 6) is 0. The summed E-state index contributed by atoms with van der Waals surface area (Å²) in [5.41, 5.74) is 2.30. The second-order valence-electron chi connectivity index (χ2n) is 5.18. The molecule has 3 atom stereocenters. The van der Waals surface area contributed by atoms with Gasteiger partial charge in [0.2, 0.25) is 0 Å². The Hall–Kier alpha value is -0.670. The van der Waals surface area contributed by atoms with Gasteiger partial charge in [-0.25, -0.2) is 0 Å². The predicted octanol–water partition coefficient (Wildman–Crippen LogP) is 3.46. The first kappa shape index (κ1) is 13.8. The highest BCUT2D eigenvalue weighted by Gasteiger charge is 2.22. The van der Waals surface area contributed by atoms with Crippen LogP contribution >= 0.6 is 11.8 Å². The second kappa shape index (κ2) is 5.98. The molecule has 1 N–H and O–H groups in total. The van der Waals surface area contributed by atoms with Crippen molar-refractivity contribution in [1.29, 1.82) is 0 Å². The number of anilines is 1. The van der Waals surface area contributed by atoms with Gasteiger partial charge in [0, 0.05) is 29.3 Å². The highest BCUT2D eigenvalue weighted by molar-refractivity contribution is 8.00. The predicted molar refractivity (Wildman–Crippen MR) is 80.4 cm³/mol. The van der Waals surface area contributed by atoms with Crippen molar-refractivity contribution < 1.29 is 5.11 Å². The molecule has 1 aromatic carbocycles. The lowest BCUT2D eigenvalue weighted by Gasteiger charge is -2.36. The van der Waals surface area contributed by atoms with Gasteiger partial charge >= 0.3 is 0 Å². The first-order valence-electron chi connectivity index (χ1n) is 6.78. The third-order valence-electron chi connectivity index (χ3n) is 3.45. The molecule has 0 radical (unpaired) electrons. The van der Waals surface area contributed by atoms with E-state index in [9.17, 15) is 5.11 Å². The zero-order chi connectivity index (χ0) is 13.1. The summed E-state index contributed by atoms with van der Waals surface area (Å²) >= 11 is 2.07. The highest BCUT2D eigenvalue weighted by atomic mass is 32.2. The van der Waals surface area contributed by atoms with Gasteiger partial charge in [-0.05, 0) is 24.1 Å². The second-order valence-corrected chi connectivity index (χ2v) is 7.06. The van der Waals surface area contributed by atoms with E-state index in [1.54, 1.807) is 0 Å². The normalized spacial score (nSPS) is 26.1. The van der Waals surface area contributed by atoms with Gasteiger partial charge < -0.3 is 10.0 Å². The number of hydrogen-bond donors (Lipinski definition) is 1. The third-order valence-corrected chi connectivity index (χ3v) is 4.68. The highest BCUT2D eigenvalue weighted by Crippen LogP contribution is 2.29. The van der Waals surface area contributed by atoms with E-state index >= 15 is 0 Å². The number of aliphatic hydroxyl groups is 1. The molecular formula is C15H23NOS. The zero-order valence-electron chi connectivity index (χ0n) is 11.5. The Bertz CT molecular complexity index is 369. The molecule has 100 valence electrons. The van der Waals surface area contributed by atoms with Gasteiger partial charge in [-0.2, -0.15) is 11.8 Å². The molecular weight excluding hydrogens is 242 g/mol. The van der Waals surface area contributed by atoms with E-state index < -0.39 is 0 Å². The number of rotatable bonds is 3. The fourth-order valence-electron chi connectivity index (χ4n) is 2.53. The zero-order valence-corrected chi connectivity index (χ0v) is 12.3. The van der Waals surface area contributed by atoms with Crippen molar-refractivity contribution in [2.45, 2.75) is 43.8 Å². The monoisotopic (exact) mass is 265 g/mol. The Kier molecular flexibility index (Phi) is 4.57. The van der Waals surface area contributed by atoms with E-state index in [1.165, 1.54) is 5.69 Å². The summed E-state index contributed by atoms with van der Waals surface area (Å²) in [6.45, 7) is 8.82. The Morgan fingerprint density at radius 1 is 1.22 bits per heavy atom. The smallest absolute Gasteiger partial charge is 0.0787 e. The van der Waals surface area contributed by atoms with Crippen LogP contribution in [-0.4, -0.2) is 28.7 Å². The third kappa shape index (κ3) is 3.21. The van der Waals surface area contributed by atoms with Gasteiger partial charge in [-0.1, -0.05) is 32.9 Å². The molecule has 0 amide bonds. The van der Waals surface area contributed by atoms with Gasteiger partial charge in [0.1, 0.15) is 0 Å². The summed E-state index contributed by atoms with van der Waals surface area (Å²) in [5, 5.41) is 11.2. The molecule has 2 unspecified atom stereocenters. The van der Waals surface area contributed by atoms with Crippen LogP contribution in [0.2, 0.25) is 0 Å². The van der Waals surface area contributed by atoms with Crippen LogP contribution in [0, 0.1) is 0 Å². The lowest BCUT2D eigenvalue weighted by molar-refractivity contribution is 0.173. The van der Waals surface area contributed by atoms with Crippen LogP contribution < -0.4 is 4.90 Å². The van der Waals surface area contributed by atoms with Crippen LogP contribution in [0.25, 0.3) is 0 Å². The van der Waals surface area contributed by atoms with Crippen molar-refractivity contribution >= 4 is 17.4 Å². The van der Waals surface area contributed by atoms with Crippen molar-refractivity contribution in [3.63, 3.8) is 0 Å². The van der Waals surface area contributed by atoms with Gasteiger partial charge in [0.15, 0.2) is 0 Å². The van der Waals surface area contributed by atoms with Gasteiger partial charge in [0.25, 0.3) is 0 Å². The molecule has 1 heterocycles. The van der Waals surface area contributed by atoms with E-state index in [0.29, 0.717) is 10.5 Å². The van der Waals surface area contributed by atoms with Crippen LogP contribution in [0.15, 0.2) is 24.3 Å². The molecule has 18 heavy (non-hydrogen) atoms. The van der Waals surface area contributed by atoms with Crippen molar-refractivity contribution in [2.75, 3.05) is 18.0 Å². The molecule has 0 bridgehead atoms. The number of hydrogen-bond acceptors (Lipinski definition) is 3. The van der Waals surface area contributed by atoms with Crippen LogP contribution in [-0.2, 0) is 0 Å². The van der Waals surface area contributed by atoms with Crippen LogP contribution in [0.5, 0.6) is 0 Å². The number of thioether (sulfide) groups is 1. The van der Waals surface area contributed by atoms with Gasteiger partial charge in [0.05, 0.1) is 6.10 Å². The summed E-state index contributed by atoms with van der Waals surface area (Å²) in [4.78, 5) is 2.45.